The van der Waals surface area contributed by atoms with E-state index in [0.29, 0.717) is 17.6 Å². The Hall–Kier alpha value is -3.57. The van der Waals surface area contributed by atoms with Gasteiger partial charge in [-0.1, -0.05) is 41.9 Å². The number of hydrogen-bond donors (Lipinski definition) is 1. The van der Waals surface area contributed by atoms with Gasteiger partial charge in [0.15, 0.2) is 0 Å². The molecule has 3 aromatic carbocycles. The predicted molar refractivity (Wildman–Crippen MR) is 119 cm³/mol. The van der Waals surface area contributed by atoms with E-state index in [0.717, 1.165) is 45.3 Å². The largest absolute Gasteiger partial charge is 0.497 e. The Morgan fingerprint density at radius 2 is 1.77 bits per heavy atom. The van der Waals surface area contributed by atoms with Crippen molar-refractivity contribution in [3.63, 3.8) is 0 Å². The van der Waals surface area contributed by atoms with Crippen molar-refractivity contribution < 1.29 is 9.47 Å². The number of rotatable bonds is 4. The molecule has 0 aliphatic carbocycles. The zero-order chi connectivity index (χ0) is 20.5. The van der Waals surface area contributed by atoms with E-state index in [1.807, 2.05) is 72.8 Å². The lowest BCUT2D eigenvalue weighted by Gasteiger charge is -2.23. The molecule has 0 saturated heterocycles. The van der Waals surface area contributed by atoms with Crippen LogP contribution in [0.1, 0.15) is 5.56 Å². The number of anilines is 2. The van der Waals surface area contributed by atoms with Gasteiger partial charge in [-0.15, -0.1) is 0 Å². The van der Waals surface area contributed by atoms with Crippen molar-refractivity contribution in [3.05, 3.63) is 83.4 Å². The summed E-state index contributed by atoms with van der Waals surface area (Å²) >= 11 is 6.26. The fourth-order valence-corrected chi connectivity index (χ4v) is 3.73. The first-order valence-corrected chi connectivity index (χ1v) is 9.89. The van der Waals surface area contributed by atoms with Gasteiger partial charge in [-0.3, -0.25) is 0 Å². The normalized spacial score (nSPS) is 11.8. The second-order valence-corrected chi connectivity index (χ2v) is 7.31. The maximum atomic E-state index is 6.26. The van der Waals surface area contributed by atoms with Crippen LogP contribution in [0.3, 0.4) is 0 Å². The first-order chi connectivity index (χ1) is 14.7. The minimum atomic E-state index is 0.396. The smallest absolute Gasteiger partial charge is 0.228 e. The summed E-state index contributed by atoms with van der Waals surface area (Å²) in [6, 6.07) is 23.2. The number of ether oxygens (including phenoxy) is 2. The number of nitrogens with one attached hydrogen (secondary N) is 1. The molecule has 5 nitrogen and oxygen atoms in total. The highest BCUT2D eigenvalue weighted by atomic mass is 35.5. The van der Waals surface area contributed by atoms with E-state index in [4.69, 9.17) is 31.0 Å². The highest BCUT2D eigenvalue weighted by molar-refractivity contribution is 6.30. The van der Waals surface area contributed by atoms with Crippen molar-refractivity contribution in [2.45, 2.75) is 6.61 Å². The third-order valence-electron chi connectivity index (χ3n) is 4.95. The molecule has 0 bridgehead atoms. The third-order valence-corrected chi connectivity index (χ3v) is 5.18. The van der Waals surface area contributed by atoms with Crippen LogP contribution in [0.25, 0.3) is 22.5 Å². The second-order valence-electron chi connectivity index (χ2n) is 6.88. The molecule has 5 rings (SSSR count). The topological polar surface area (TPSA) is 56.3 Å². The minimum absolute atomic E-state index is 0.396. The molecule has 30 heavy (non-hydrogen) atoms. The quantitative estimate of drug-likeness (QED) is 0.436. The number of hydrogen-bond acceptors (Lipinski definition) is 5. The Morgan fingerprint density at radius 1 is 0.933 bits per heavy atom. The molecule has 4 aromatic rings. The minimum Gasteiger partial charge on any atom is -0.497 e. The molecular weight excluding hydrogens is 398 g/mol. The molecule has 1 N–H and O–H groups in total. The van der Waals surface area contributed by atoms with Crippen molar-refractivity contribution in [2.24, 2.45) is 0 Å². The van der Waals surface area contributed by atoms with E-state index in [1.165, 1.54) is 0 Å². The SMILES string of the molecule is COc1cccc(Nc2nc(-c3cccc(Cl)c3)c3c(n2)-c2ccccc2OC3)c1. The van der Waals surface area contributed by atoms with Crippen LogP contribution in [0.15, 0.2) is 72.8 Å². The molecule has 0 spiro atoms. The molecule has 1 aliphatic heterocycles. The number of fused-ring (bicyclic) bond motifs is 3. The zero-order valence-corrected chi connectivity index (χ0v) is 17.0. The third kappa shape index (κ3) is 3.44. The van der Waals surface area contributed by atoms with E-state index in [2.05, 4.69) is 5.32 Å². The molecule has 0 radical (unpaired) electrons. The van der Waals surface area contributed by atoms with E-state index in [9.17, 15) is 0 Å². The molecule has 148 valence electrons. The van der Waals surface area contributed by atoms with Gasteiger partial charge in [-0.2, -0.15) is 0 Å². The van der Waals surface area contributed by atoms with Crippen LogP contribution < -0.4 is 14.8 Å². The van der Waals surface area contributed by atoms with Gasteiger partial charge in [0.2, 0.25) is 5.95 Å². The van der Waals surface area contributed by atoms with Crippen molar-refractivity contribution in [1.82, 2.24) is 9.97 Å². The highest BCUT2D eigenvalue weighted by Gasteiger charge is 2.24. The second kappa shape index (κ2) is 7.69. The van der Waals surface area contributed by atoms with E-state index >= 15 is 0 Å². The lowest BCUT2D eigenvalue weighted by Crippen LogP contribution is -2.12. The van der Waals surface area contributed by atoms with Crippen LogP contribution in [-0.2, 0) is 6.61 Å². The summed E-state index contributed by atoms with van der Waals surface area (Å²) in [5, 5.41) is 3.96. The van der Waals surface area contributed by atoms with Gasteiger partial charge in [0.05, 0.1) is 18.5 Å². The lowest BCUT2D eigenvalue weighted by molar-refractivity contribution is 0.301. The van der Waals surface area contributed by atoms with Gasteiger partial charge in [-0.05, 0) is 36.4 Å². The highest BCUT2D eigenvalue weighted by Crippen LogP contribution is 2.40. The van der Waals surface area contributed by atoms with Crippen LogP contribution >= 0.6 is 11.6 Å². The standard InChI is InChI=1S/C24H18ClN3O2/c1-29-18-9-5-8-17(13-18)26-24-27-22(15-6-4-7-16(25)12-15)20-14-30-21-11-3-2-10-19(21)23(20)28-24/h2-13H,14H2,1H3,(H,26,27,28). The lowest BCUT2D eigenvalue weighted by atomic mass is 9.98. The van der Waals surface area contributed by atoms with E-state index in [1.54, 1.807) is 7.11 Å². The molecule has 0 saturated carbocycles. The molecule has 2 heterocycles. The Balaban J connectivity index is 1.68. The number of nitrogens with zero attached hydrogens (tertiary/aromatic N) is 2. The number of aromatic nitrogens is 2. The molecule has 0 fully saturated rings. The average Bonchev–Trinajstić information content (AvgIpc) is 2.78. The molecule has 1 aliphatic rings. The number of benzene rings is 3. The maximum Gasteiger partial charge on any atom is 0.228 e. The fourth-order valence-electron chi connectivity index (χ4n) is 3.54. The van der Waals surface area contributed by atoms with Crippen LogP contribution in [0, 0.1) is 0 Å². The van der Waals surface area contributed by atoms with Crippen molar-refractivity contribution >= 4 is 23.2 Å². The summed E-state index contributed by atoms with van der Waals surface area (Å²) in [5.74, 6) is 2.06. The maximum absolute atomic E-state index is 6.26. The van der Waals surface area contributed by atoms with Crippen LogP contribution in [-0.4, -0.2) is 17.1 Å². The van der Waals surface area contributed by atoms with Gasteiger partial charge < -0.3 is 14.8 Å². The van der Waals surface area contributed by atoms with Gasteiger partial charge >= 0.3 is 0 Å². The first kappa shape index (κ1) is 18.5. The van der Waals surface area contributed by atoms with Crippen molar-refractivity contribution in [2.75, 3.05) is 12.4 Å². The van der Waals surface area contributed by atoms with Gasteiger partial charge in [-0.25, -0.2) is 9.97 Å². The number of methoxy groups -OCH3 is 1. The summed E-state index contributed by atoms with van der Waals surface area (Å²) in [6.07, 6.45) is 0. The predicted octanol–water partition coefficient (Wildman–Crippen LogP) is 6.11. The molecule has 0 atom stereocenters. The van der Waals surface area contributed by atoms with E-state index < -0.39 is 0 Å². The number of halogens is 1. The molecule has 0 unspecified atom stereocenters. The summed E-state index contributed by atoms with van der Waals surface area (Å²) in [4.78, 5) is 9.66. The Bertz CT molecular complexity index is 1240. The van der Waals surface area contributed by atoms with Crippen LogP contribution in [0.2, 0.25) is 5.02 Å². The summed E-state index contributed by atoms with van der Waals surface area (Å²) < 4.78 is 11.3. The summed E-state index contributed by atoms with van der Waals surface area (Å²) in [7, 11) is 1.64. The Morgan fingerprint density at radius 3 is 2.63 bits per heavy atom. The summed E-state index contributed by atoms with van der Waals surface area (Å²) in [5.41, 5.74) is 5.28. The molecule has 0 amide bonds. The average molecular weight is 416 g/mol. The summed E-state index contributed by atoms with van der Waals surface area (Å²) in [6.45, 7) is 0.396. The van der Waals surface area contributed by atoms with E-state index in [-0.39, 0.29) is 0 Å². The zero-order valence-electron chi connectivity index (χ0n) is 16.2. The van der Waals surface area contributed by atoms with Crippen LogP contribution in [0.4, 0.5) is 11.6 Å². The Labute approximate surface area is 179 Å². The number of para-hydroxylation sites is 1. The van der Waals surface area contributed by atoms with Gasteiger partial charge in [0, 0.05) is 33.5 Å². The fraction of sp³-hybridized carbons (Fsp3) is 0.0833. The monoisotopic (exact) mass is 415 g/mol. The molecule has 1 aromatic heterocycles. The van der Waals surface area contributed by atoms with Gasteiger partial charge in [0.25, 0.3) is 0 Å². The van der Waals surface area contributed by atoms with Crippen molar-refractivity contribution in [3.8, 4) is 34.0 Å². The van der Waals surface area contributed by atoms with Crippen molar-refractivity contribution in [1.29, 1.82) is 0 Å². The van der Waals surface area contributed by atoms with Gasteiger partial charge in [0.1, 0.15) is 18.1 Å². The van der Waals surface area contributed by atoms with Crippen LogP contribution in [0.5, 0.6) is 11.5 Å². The molecule has 6 heteroatoms. The first-order valence-electron chi connectivity index (χ1n) is 9.51. The Kier molecular flexibility index (Phi) is 4.73. The molecular formula is C24H18ClN3O2.